The van der Waals surface area contributed by atoms with Gasteiger partial charge >= 0.3 is 0 Å². The Morgan fingerprint density at radius 2 is 2.00 bits per heavy atom. The van der Waals surface area contributed by atoms with Crippen LogP contribution in [0.5, 0.6) is 0 Å². The highest BCUT2D eigenvalue weighted by atomic mass is 35.5. The van der Waals surface area contributed by atoms with Crippen LogP contribution in [0.3, 0.4) is 0 Å². The quantitative estimate of drug-likeness (QED) is 0.847. The third-order valence-corrected chi connectivity index (χ3v) is 4.94. The van der Waals surface area contributed by atoms with Crippen LogP contribution in [0.15, 0.2) is 23.1 Å². The van der Waals surface area contributed by atoms with E-state index in [9.17, 15) is 8.42 Å². The summed E-state index contributed by atoms with van der Waals surface area (Å²) in [5.74, 6) is 0.372. The van der Waals surface area contributed by atoms with E-state index in [1.807, 2.05) is 13.8 Å². The highest BCUT2D eigenvalue weighted by Crippen LogP contribution is 2.23. The first kappa shape index (κ1) is 16.4. The molecule has 19 heavy (non-hydrogen) atoms. The summed E-state index contributed by atoms with van der Waals surface area (Å²) in [7, 11) is -3.58. The molecule has 0 fully saturated rings. The lowest BCUT2D eigenvalue weighted by Gasteiger charge is -2.19. The summed E-state index contributed by atoms with van der Waals surface area (Å²) in [5.41, 5.74) is 6.17. The lowest BCUT2D eigenvalue weighted by molar-refractivity contribution is 0.465. The predicted molar refractivity (Wildman–Crippen MR) is 78.8 cm³/mol. The van der Waals surface area contributed by atoms with Gasteiger partial charge in [0.25, 0.3) is 0 Å². The van der Waals surface area contributed by atoms with E-state index in [-0.39, 0.29) is 17.5 Å². The van der Waals surface area contributed by atoms with Gasteiger partial charge in [0.05, 0.1) is 4.90 Å². The molecule has 1 rings (SSSR count). The van der Waals surface area contributed by atoms with Gasteiger partial charge < -0.3 is 5.73 Å². The van der Waals surface area contributed by atoms with E-state index in [1.54, 1.807) is 25.1 Å². The molecule has 0 saturated heterocycles. The van der Waals surface area contributed by atoms with Gasteiger partial charge in [0.1, 0.15) is 0 Å². The topological polar surface area (TPSA) is 72.2 Å². The van der Waals surface area contributed by atoms with Crippen LogP contribution in [0.2, 0.25) is 5.02 Å². The molecule has 0 aliphatic heterocycles. The standard InChI is InChI=1S/C13H21ClN2O2S/c1-9(2)7-11(8-15)16-19(17,18)13-6-4-5-12(14)10(13)3/h4-6,9,11,16H,7-8,15H2,1-3H3. The maximum atomic E-state index is 12.3. The van der Waals surface area contributed by atoms with Crippen molar-refractivity contribution in [2.45, 2.75) is 38.1 Å². The summed E-state index contributed by atoms with van der Waals surface area (Å²) in [4.78, 5) is 0.210. The summed E-state index contributed by atoms with van der Waals surface area (Å²) >= 11 is 5.96. The molecule has 0 aliphatic carbocycles. The van der Waals surface area contributed by atoms with E-state index in [0.29, 0.717) is 22.9 Å². The lowest BCUT2D eigenvalue weighted by atomic mass is 10.1. The molecule has 6 heteroatoms. The van der Waals surface area contributed by atoms with Gasteiger partial charge in [0.2, 0.25) is 10.0 Å². The maximum absolute atomic E-state index is 12.3. The minimum absolute atomic E-state index is 0.210. The molecule has 0 spiro atoms. The van der Waals surface area contributed by atoms with Crippen molar-refractivity contribution < 1.29 is 8.42 Å². The molecule has 0 amide bonds. The number of rotatable bonds is 6. The lowest BCUT2D eigenvalue weighted by Crippen LogP contribution is -2.41. The fourth-order valence-corrected chi connectivity index (χ4v) is 3.68. The number of halogens is 1. The van der Waals surface area contributed by atoms with Crippen molar-refractivity contribution in [1.82, 2.24) is 4.72 Å². The maximum Gasteiger partial charge on any atom is 0.241 e. The molecule has 1 aromatic rings. The Labute approximate surface area is 120 Å². The molecule has 4 nitrogen and oxygen atoms in total. The first-order valence-corrected chi connectivity index (χ1v) is 8.11. The zero-order chi connectivity index (χ0) is 14.6. The van der Waals surface area contributed by atoms with Crippen molar-refractivity contribution in [3.8, 4) is 0 Å². The zero-order valence-electron chi connectivity index (χ0n) is 11.5. The summed E-state index contributed by atoms with van der Waals surface area (Å²) in [5, 5.41) is 0.441. The first-order chi connectivity index (χ1) is 8.77. The van der Waals surface area contributed by atoms with Crippen LogP contribution in [-0.4, -0.2) is 21.0 Å². The third kappa shape index (κ3) is 4.45. The van der Waals surface area contributed by atoms with Crippen molar-refractivity contribution >= 4 is 21.6 Å². The van der Waals surface area contributed by atoms with E-state index in [2.05, 4.69) is 4.72 Å². The Balaban J connectivity index is 3.01. The van der Waals surface area contributed by atoms with Crippen molar-refractivity contribution in [2.75, 3.05) is 6.54 Å². The van der Waals surface area contributed by atoms with E-state index in [1.165, 1.54) is 0 Å². The van der Waals surface area contributed by atoms with Crippen molar-refractivity contribution in [3.05, 3.63) is 28.8 Å². The average Bonchev–Trinajstić information content (AvgIpc) is 2.30. The second-order valence-electron chi connectivity index (χ2n) is 5.05. The number of nitrogens with two attached hydrogens (primary N) is 1. The van der Waals surface area contributed by atoms with Crippen LogP contribution in [0, 0.1) is 12.8 Å². The molecule has 1 atom stereocenters. The van der Waals surface area contributed by atoms with Gasteiger partial charge in [-0.25, -0.2) is 13.1 Å². The largest absolute Gasteiger partial charge is 0.329 e. The average molecular weight is 305 g/mol. The van der Waals surface area contributed by atoms with Gasteiger partial charge in [-0.1, -0.05) is 31.5 Å². The third-order valence-electron chi connectivity index (χ3n) is 2.87. The molecule has 0 aliphatic rings. The van der Waals surface area contributed by atoms with E-state index in [4.69, 9.17) is 17.3 Å². The Hall–Kier alpha value is -0.620. The number of benzene rings is 1. The number of nitrogens with one attached hydrogen (secondary N) is 1. The molecule has 0 radical (unpaired) electrons. The van der Waals surface area contributed by atoms with Gasteiger partial charge in [-0.15, -0.1) is 0 Å². The van der Waals surface area contributed by atoms with Crippen LogP contribution >= 0.6 is 11.6 Å². The van der Waals surface area contributed by atoms with E-state index >= 15 is 0 Å². The van der Waals surface area contributed by atoms with Crippen LogP contribution in [-0.2, 0) is 10.0 Å². The van der Waals surface area contributed by atoms with Crippen LogP contribution in [0.1, 0.15) is 25.8 Å². The van der Waals surface area contributed by atoms with E-state index in [0.717, 1.165) is 0 Å². The minimum atomic E-state index is -3.58. The SMILES string of the molecule is Cc1c(Cl)cccc1S(=O)(=O)NC(CN)CC(C)C. The number of hydrogen-bond donors (Lipinski definition) is 2. The molecule has 0 aromatic heterocycles. The molecule has 0 saturated carbocycles. The first-order valence-electron chi connectivity index (χ1n) is 6.25. The molecule has 1 unspecified atom stereocenters. The van der Waals surface area contributed by atoms with Crippen molar-refractivity contribution in [3.63, 3.8) is 0 Å². The Bertz CT molecular complexity index is 529. The minimum Gasteiger partial charge on any atom is -0.329 e. The Kier molecular flexibility index (Phi) is 5.80. The zero-order valence-corrected chi connectivity index (χ0v) is 13.1. The highest BCUT2D eigenvalue weighted by molar-refractivity contribution is 7.89. The normalized spacial score (nSPS) is 13.8. The summed E-state index contributed by atoms with van der Waals surface area (Å²) in [6.07, 6.45) is 0.704. The summed E-state index contributed by atoms with van der Waals surface area (Å²) < 4.78 is 27.3. The van der Waals surface area contributed by atoms with Gasteiger partial charge in [0.15, 0.2) is 0 Å². The molecular formula is C13H21ClN2O2S. The Morgan fingerprint density at radius 1 is 1.37 bits per heavy atom. The molecule has 0 bridgehead atoms. The Morgan fingerprint density at radius 3 is 2.53 bits per heavy atom. The highest BCUT2D eigenvalue weighted by Gasteiger charge is 2.22. The van der Waals surface area contributed by atoms with Gasteiger partial charge in [-0.3, -0.25) is 0 Å². The number of sulfonamides is 1. The number of hydrogen-bond acceptors (Lipinski definition) is 3. The molecule has 0 heterocycles. The van der Waals surface area contributed by atoms with E-state index < -0.39 is 10.0 Å². The molecule has 1 aromatic carbocycles. The van der Waals surface area contributed by atoms with Crippen LogP contribution in [0.4, 0.5) is 0 Å². The van der Waals surface area contributed by atoms with Crippen molar-refractivity contribution in [2.24, 2.45) is 11.7 Å². The van der Waals surface area contributed by atoms with Gasteiger partial charge in [-0.05, 0) is 37.0 Å². The summed E-state index contributed by atoms with van der Waals surface area (Å²) in [6.45, 7) is 6.02. The molecular weight excluding hydrogens is 284 g/mol. The second-order valence-corrected chi connectivity index (χ2v) is 7.14. The van der Waals surface area contributed by atoms with Crippen LogP contribution in [0.25, 0.3) is 0 Å². The van der Waals surface area contributed by atoms with Gasteiger partial charge in [-0.2, -0.15) is 0 Å². The summed E-state index contributed by atoms with van der Waals surface area (Å²) in [6, 6.07) is 4.59. The molecule has 3 N–H and O–H groups in total. The van der Waals surface area contributed by atoms with Crippen molar-refractivity contribution in [1.29, 1.82) is 0 Å². The fourth-order valence-electron chi connectivity index (χ4n) is 1.92. The smallest absolute Gasteiger partial charge is 0.241 e. The van der Waals surface area contributed by atoms with Crippen LogP contribution < -0.4 is 10.5 Å². The monoisotopic (exact) mass is 304 g/mol. The predicted octanol–water partition coefficient (Wildman–Crippen LogP) is 2.30. The van der Waals surface area contributed by atoms with Gasteiger partial charge in [0, 0.05) is 17.6 Å². The second kappa shape index (κ2) is 6.70. The fraction of sp³-hybridized carbons (Fsp3) is 0.538. The molecule has 108 valence electrons.